The Bertz CT molecular complexity index is 563. The third-order valence-electron chi connectivity index (χ3n) is 3.83. The Morgan fingerprint density at radius 1 is 1.43 bits per heavy atom. The van der Waals surface area contributed by atoms with Gasteiger partial charge in [-0.3, -0.25) is 9.58 Å². The molecule has 1 saturated heterocycles. The van der Waals surface area contributed by atoms with E-state index in [0.717, 1.165) is 19.5 Å². The zero-order valence-electron chi connectivity index (χ0n) is 12.7. The highest BCUT2D eigenvalue weighted by molar-refractivity contribution is 7.89. The highest BCUT2D eigenvalue weighted by atomic mass is 32.2. The monoisotopic (exact) mass is 315 g/mol. The number of nitrogens with two attached hydrogens (primary N) is 1. The maximum atomic E-state index is 12.3. The van der Waals surface area contributed by atoms with Crippen molar-refractivity contribution >= 4 is 15.8 Å². The first-order chi connectivity index (χ1) is 9.94. The van der Waals surface area contributed by atoms with Crippen LogP contribution in [0.2, 0.25) is 0 Å². The van der Waals surface area contributed by atoms with Crippen LogP contribution in [-0.2, 0) is 16.6 Å². The van der Waals surface area contributed by atoms with Crippen molar-refractivity contribution in [2.75, 3.05) is 25.4 Å². The number of nitrogens with one attached hydrogen (secondary N) is 1. The van der Waals surface area contributed by atoms with Gasteiger partial charge in [-0.15, -0.1) is 0 Å². The molecule has 0 amide bonds. The summed E-state index contributed by atoms with van der Waals surface area (Å²) in [6.07, 6.45) is 4.75. The predicted molar refractivity (Wildman–Crippen MR) is 82.4 cm³/mol. The van der Waals surface area contributed by atoms with E-state index in [1.807, 2.05) is 13.8 Å². The van der Waals surface area contributed by atoms with Gasteiger partial charge in [0.15, 0.2) is 5.82 Å². The highest BCUT2D eigenvalue weighted by Gasteiger charge is 2.24. The van der Waals surface area contributed by atoms with Gasteiger partial charge in [0.25, 0.3) is 0 Å². The Morgan fingerprint density at radius 3 is 2.71 bits per heavy atom. The molecule has 1 fully saturated rings. The summed E-state index contributed by atoms with van der Waals surface area (Å²) in [6, 6.07) is 0.189. The van der Waals surface area contributed by atoms with Crippen molar-refractivity contribution in [3.05, 3.63) is 6.20 Å². The second-order valence-electron chi connectivity index (χ2n) is 5.59. The lowest BCUT2D eigenvalue weighted by atomic mass is 10.3. The summed E-state index contributed by atoms with van der Waals surface area (Å²) >= 11 is 0. The molecule has 1 unspecified atom stereocenters. The van der Waals surface area contributed by atoms with E-state index < -0.39 is 10.0 Å². The van der Waals surface area contributed by atoms with Crippen LogP contribution in [-0.4, -0.2) is 48.8 Å². The Morgan fingerprint density at radius 2 is 2.10 bits per heavy atom. The number of nitrogen functional groups attached to an aromatic ring is 1. The van der Waals surface area contributed by atoms with Crippen molar-refractivity contribution in [2.45, 2.75) is 50.6 Å². The molecule has 1 aromatic heterocycles. The molecule has 2 rings (SSSR count). The van der Waals surface area contributed by atoms with Crippen LogP contribution in [0.3, 0.4) is 0 Å². The van der Waals surface area contributed by atoms with Crippen LogP contribution in [0, 0.1) is 0 Å². The van der Waals surface area contributed by atoms with Crippen LogP contribution in [0.15, 0.2) is 11.1 Å². The number of hydrogen-bond acceptors (Lipinski definition) is 5. The molecule has 0 radical (unpaired) electrons. The number of aryl methyl sites for hydroxylation is 1. The van der Waals surface area contributed by atoms with Crippen LogP contribution >= 0.6 is 0 Å². The average Bonchev–Trinajstić information content (AvgIpc) is 3.06. The Labute approximate surface area is 126 Å². The lowest BCUT2D eigenvalue weighted by molar-refractivity contribution is 0.260. The minimum atomic E-state index is -3.60. The van der Waals surface area contributed by atoms with E-state index in [-0.39, 0.29) is 16.8 Å². The molecular formula is C13H25N5O2S. The van der Waals surface area contributed by atoms with Crippen LogP contribution in [0.1, 0.15) is 33.1 Å². The smallest absolute Gasteiger partial charge is 0.245 e. The van der Waals surface area contributed by atoms with Gasteiger partial charge >= 0.3 is 0 Å². The molecule has 1 atom stereocenters. The van der Waals surface area contributed by atoms with Gasteiger partial charge in [-0.1, -0.05) is 6.92 Å². The average molecular weight is 315 g/mol. The zero-order valence-corrected chi connectivity index (χ0v) is 13.6. The summed E-state index contributed by atoms with van der Waals surface area (Å²) in [4.78, 5) is 2.37. The molecule has 7 nitrogen and oxygen atoms in total. The SMILES string of the molecule is CCCn1cc(S(=O)(=O)NCC(C)N2CCCC2)c(N)n1. The van der Waals surface area contributed by atoms with Crippen molar-refractivity contribution in [3.8, 4) is 0 Å². The molecule has 1 aliphatic heterocycles. The van der Waals surface area contributed by atoms with E-state index in [2.05, 4.69) is 14.7 Å². The highest BCUT2D eigenvalue weighted by Crippen LogP contribution is 2.17. The number of hydrogen-bond donors (Lipinski definition) is 2. The largest absolute Gasteiger partial charge is 0.381 e. The molecule has 0 aliphatic carbocycles. The van der Waals surface area contributed by atoms with Crippen molar-refractivity contribution in [2.24, 2.45) is 0 Å². The number of likely N-dealkylation sites (tertiary alicyclic amines) is 1. The quantitative estimate of drug-likeness (QED) is 0.770. The fourth-order valence-electron chi connectivity index (χ4n) is 2.59. The van der Waals surface area contributed by atoms with E-state index in [0.29, 0.717) is 13.1 Å². The molecule has 1 aliphatic rings. The van der Waals surface area contributed by atoms with E-state index >= 15 is 0 Å². The van der Waals surface area contributed by atoms with Crippen LogP contribution < -0.4 is 10.5 Å². The summed E-state index contributed by atoms with van der Waals surface area (Å²) in [5, 5.41) is 4.04. The summed E-state index contributed by atoms with van der Waals surface area (Å²) in [5.41, 5.74) is 5.72. The molecule has 0 bridgehead atoms. The summed E-state index contributed by atoms with van der Waals surface area (Å²) in [7, 11) is -3.60. The molecule has 0 aromatic carbocycles. The Balaban J connectivity index is 2.00. The Kier molecular flexibility index (Phi) is 5.23. The van der Waals surface area contributed by atoms with Crippen LogP contribution in [0.4, 0.5) is 5.82 Å². The zero-order chi connectivity index (χ0) is 15.5. The standard InChI is InChI=1S/C13H25N5O2S/c1-3-6-18-10-12(13(14)16-18)21(19,20)15-9-11(2)17-7-4-5-8-17/h10-11,15H,3-9H2,1-2H3,(H2,14,16). The summed E-state index contributed by atoms with van der Waals surface area (Å²) in [5.74, 6) is 0.0600. The van der Waals surface area contributed by atoms with Gasteiger partial charge < -0.3 is 5.73 Å². The third kappa shape index (κ3) is 3.96. The van der Waals surface area contributed by atoms with Crippen LogP contribution in [0.5, 0.6) is 0 Å². The molecule has 0 spiro atoms. The van der Waals surface area contributed by atoms with Gasteiger partial charge in [-0.2, -0.15) is 5.10 Å². The van der Waals surface area contributed by atoms with Crippen molar-refractivity contribution in [1.29, 1.82) is 0 Å². The maximum Gasteiger partial charge on any atom is 0.245 e. The summed E-state index contributed by atoms with van der Waals surface area (Å²) in [6.45, 7) is 7.17. The lowest BCUT2D eigenvalue weighted by Crippen LogP contribution is -2.40. The second-order valence-corrected chi connectivity index (χ2v) is 7.32. The molecule has 1 aromatic rings. The van der Waals surface area contributed by atoms with Gasteiger partial charge in [-0.05, 0) is 39.3 Å². The normalized spacial score (nSPS) is 18.2. The number of nitrogens with zero attached hydrogens (tertiary/aromatic N) is 3. The third-order valence-corrected chi connectivity index (χ3v) is 5.27. The number of sulfonamides is 1. The summed E-state index contributed by atoms with van der Waals surface area (Å²) < 4.78 is 28.9. The van der Waals surface area contributed by atoms with E-state index in [9.17, 15) is 8.42 Å². The first-order valence-electron chi connectivity index (χ1n) is 7.50. The minimum Gasteiger partial charge on any atom is -0.381 e. The molecule has 8 heteroatoms. The van der Waals surface area contributed by atoms with Gasteiger partial charge in [0, 0.05) is 25.3 Å². The minimum absolute atomic E-state index is 0.0600. The van der Waals surface area contributed by atoms with Crippen molar-refractivity contribution in [3.63, 3.8) is 0 Å². The first-order valence-corrected chi connectivity index (χ1v) is 8.99. The van der Waals surface area contributed by atoms with E-state index in [1.54, 1.807) is 4.68 Å². The van der Waals surface area contributed by atoms with Gasteiger partial charge in [0.1, 0.15) is 4.90 Å². The van der Waals surface area contributed by atoms with Crippen molar-refractivity contribution < 1.29 is 8.42 Å². The predicted octanol–water partition coefficient (Wildman–Crippen LogP) is 0.638. The molecule has 120 valence electrons. The van der Waals surface area contributed by atoms with Crippen molar-refractivity contribution in [1.82, 2.24) is 19.4 Å². The number of aromatic nitrogens is 2. The topological polar surface area (TPSA) is 93.2 Å². The second kappa shape index (κ2) is 6.76. The molecule has 21 heavy (non-hydrogen) atoms. The number of rotatable bonds is 7. The van der Waals surface area contributed by atoms with E-state index in [1.165, 1.54) is 19.0 Å². The molecule has 3 N–H and O–H groups in total. The fourth-order valence-corrected chi connectivity index (χ4v) is 3.78. The van der Waals surface area contributed by atoms with Gasteiger partial charge in [0.05, 0.1) is 0 Å². The molecule has 2 heterocycles. The fraction of sp³-hybridized carbons (Fsp3) is 0.769. The van der Waals surface area contributed by atoms with Gasteiger partial charge in [-0.25, -0.2) is 13.1 Å². The maximum absolute atomic E-state index is 12.3. The molecule has 0 saturated carbocycles. The van der Waals surface area contributed by atoms with Crippen LogP contribution in [0.25, 0.3) is 0 Å². The lowest BCUT2D eigenvalue weighted by Gasteiger charge is -2.23. The number of anilines is 1. The first kappa shape index (κ1) is 16.3. The molecular weight excluding hydrogens is 290 g/mol. The van der Waals surface area contributed by atoms with Gasteiger partial charge in [0.2, 0.25) is 10.0 Å². The Hall–Kier alpha value is -1.12. The van der Waals surface area contributed by atoms with E-state index in [4.69, 9.17) is 5.73 Å².